The Kier molecular flexibility index (Phi) is 8.04. The van der Waals surface area contributed by atoms with Gasteiger partial charge in [-0.2, -0.15) is 0 Å². The van der Waals surface area contributed by atoms with E-state index < -0.39 is 10.0 Å². The van der Waals surface area contributed by atoms with Crippen molar-refractivity contribution in [2.75, 3.05) is 0 Å². The minimum Gasteiger partial charge on any atom is -0.209 e. The highest BCUT2D eigenvalue weighted by atomic mass is 32.2. The van der Waals surface area contributed by atoms with Gasteiger partial charge in [0.15, 0.2) is 0 Å². The summed E-state index contributed by atoms with van der Waals surface area (Å²) in [5.74, 6) is 0.780. The van der Waals surface area contributed by atoms with Crippen LogP contribution >= 0.6 is 0 Å². The minimum atomic E-state index is -3.31. The van der Waals surface area contributed by atoms with Crippen LogP contribution in [0.1, 0.15) is 67.7 Å². The summed E-state index contributed by atoms with van der Waals surface area (Å²) in [4.78, 5) is 0. The molecule has 0 aromatic rings. The summed E-state index contributed by atoms with van der Waals surface area (Å²) < 4.78 is 26.6. The van der Waals surface area contributed by atoms with Gasteiger partial charge in [0.1, 0.15) is 0 Å². The molecule has 0 aliphatic carbocycles. The van der Waals surface area contributed by atoms with Gasteiger partial charge in [-0.1, -0.05) is 47.6 Å². The zero-order chi connectivity index (χ0) is 16.0. The summed E-state index contributed by atoms with van der Waals surface area (Å²) in [7, 11) is -3.31. The second kappa shape index (κ2) is 8.18. The van der Waals surface area contributed by atoms with E-state index in [1.54, 1.807) is 6.08 Å². The van der Waals surface area contributed by atoms with E-state index in [0.29, 0.717) is 17.3 Å². The first-order valence-electron chi connectivity index (χ1n) is 7.63. The molecule has 0 bridgehead atoms. The molecule has 0 aromatic heterocycles. The van der Waals surface area contributed by atoms with Crippen LogP contribution in [0.5, 0.6) is 0 Å². The van der Waals surface area contributed by atoms with E-state index >= 15 is 0 Å². The lowest BCUT2D eigenvalue weighted by Crippen LogP contribution is -2.37. The second-order valence-corrected chi connectivity index (χ2v) is 8.98. The van der Waals surface area contributed by atoms with Gasteiger partial charge in [-0.05, 0) is 43.4 Å². The van der Waals surface area contributed by atoms with Crippen molar-refractivity contribution < 1.29 is 8.42 Å². The molecular weight excluding hydrogens is 270 g/mol. The summed E-state index contributed by atoms with van der Waals surface area (Å²) in [6.45, 7) is 14.8. The van der Waals surface area contributed by atoms with Gasteiger partial charge >= 0.3 is 0 Å². The fraction of sp³-hybridized carbons (Fsp3) is 0.875. The van der Waals surface area contributed by atoms with Crippen molar-refractivity contribution in [1.82, 2.24) is 4.72 Å². The maximum Gasteiger partial charge on any atom is 0.233 e. The van der Waals surface area contributed by atoms with Crippen LogP contribution in [0.3, 0.4) is 0 Å². The monoisotopic (exact) mass is 303 g/mol. The number of hydrogen-bond donors (Lipinski definition) is 1. The van der Waals surface area contributed by atoms with E-state index in [-0.39, 0.29) is 6.04 Å². The molecule has 0 radical (unpaired) electrons. The zero-order valence-electron chi connectivity index (χ0n) is 14.2. The predicted molar refractivity (Wildman–Crippen MR) is 88.0 cm³/mol. The summed E-state index contributed by atoms with van der Waals surface area (Å²) in [5, 5.41) is 1.32. The summed E-state index contributed by atoms with van der Waals surface area (Å²) in [5.41, 5.74) is 0.312. The van der Waals surface area contributed by atoms with Crippen LogP contribution < -0.4 is 4.72 Å². The summed E-state index contributed by atoms with van der Waals surface area (Å²) in [6, 6.07) is -0.0424. The summed E-state index contributed by atoms with van der Waals surface area (Å²) in [6.07, 6.45) is 4.70. The van der Waals surface area contributed by atoms with Crippen LogP contribution in [-0.2, 0) is 10.0 Å². The third-order valence-electron chi connectivity index (χ3n) is 3.76. The number of sulfonamides is 1. The van der Waals surface area contributed by atoms with Crippen LogP contribution in [0.25, 0.3) is 0 Å². The van der Waals surface area contributed by atoms with Crippen LogP contribution in [0, 0.1) is 17.3 Å². The lowest BCUT2D eigenvalue weighted by atomic mass is 9.90. The van der Waals surface area contributed by atoms with Crippen molar-refractivity contribution >= 4 is 10.0 Å². The average Bonchev–Trinajstić information content (AvgIpc) is 2.24. The van der Waals surface area contributed by atoms with Crippen molar-refractivity contribution in [1.29, 1.82) is 0 Å². The van der Waals surface area contributed by atoms with Crippen LogP contribution in [-0.4, -0.2) is 14.5 Å². The molecule has 120 valence electrons. The van der Waals surface area contributed by atoms with E-state index in [2.05, 4.69) is 46.3 Å². The first kappa shape index (κ1) is 19.7. The fourth-order valence-corrected chi connectivity index (χ4v) is 3.13. The molecule has 0 saturated carbocycles. The molecule has 1 N–H and O–H groups in total. The first-order chi connectivity index (χ1) is 8.94. The number of allylic oxidation sites excluding steroid dienone is 1. The number of rotatable bonds is 8. The van der Waals surface area contributed by atoms with E-state index in [0.717, 1.165) is 19.3 Å². The SMILES string of the molecule is CC(C)C(C)[C@@H](C)NS(=O)(=O)/C=C/CCCC(C)(C)C. The van der Waals surface area contributed by atoms with Gasteiger partial charge in [-0.25, -0.2) is 13.1 Å². The molecule has 0 rings (SSSR count). The molecule has 0 aliphatic rings. The quantitative estimate of drug-likeness (QED) is 0.679. The van der Waals surface area contributed by atoms with Gasteiger partial charge in [0.2, 0.25) is 10.0 Å². The van der Waals surface area contributed by atoms with Gasteiger partial charge < -0.3 is 0 Å². The van der Waals surface area contributed by atoms with Gasteiger partial charge in [0, 0.05) is 11.4 Å². The Morgan fingerprint density at radius 2 is 1.65 bits per heavy atom. The molecule has 0 fully saturated rings. The van der Waals surface area contributed by atoms with Crippen molar-refractivity contribution in [3.05, 3.63) is 11.5 Å². The third kappa shape index (κ3) is 9.54. The molecule has 3 nitrogen and oxygen atoms in total. The van der Waals surface area contributed by atoms with E-state index in [4.69, 9.17) is 0 Å². The Balaban J connectivity index is 4.25. The van der Waals surface area contributed by atoms with Crippen molar-refractivity contribution in [2.24, 2.45) is 17.3 Å². The molecule has 0 spiro atoms. The van der Waals surface area contributed by atoms with Crippen LogP contribution in [0.4, 0.5) is 0 Å². The maximum absolute atomic E-state index is 11.9. The fourth-order valence-electron chi connectivity index (χ4n) is 1.93. The van der Waals surface area contributed by atoms with Crippen molar-refractivity contribution in [3.8, 4) is 0 Å². The number of hydrogen-bond acceptors (Lipinski definition) is 2. The average molecular weight is 304 g/mol. The molecule has 4 heteroatoms. The topological polar surface area (TPSA) is 46.2 Å². The third-order valence-corrected chi connectivity index (χ3v) is 5.01. The zero-order valence-corrected chi connectivity index (χ0v) is 15.0. The van der Waals surface area contributed by atoms with E-state index in [1.807, 2.05) is 6.92 Å². The second-order valence-electron chi connectivity index (χ2n) is 7.38. The molecule has 0 aliphatic heterocycles. The van der Waals surface area contributed by atoms with Gasteiger partial charge in [0.05, 0.1) is 0 Å². The van der Waals surface area contributed by atoms with E-state index in [1.165, 1.54) is 5.41 Å². The molecule has 0 amide bonds. The van der Waals surface area contributed by atoms with Gasteiger partial charge in [-0.15, -0.1) is 0 Å². The van der Waals surface area contributed by atoms with Gasteiger partial charge in [-0.3, -0.25) is 0 Å². The Labute approximate surface area is 126 Å². The van der Waals surface area contributed by atoms with Crippen molar-refractivity contribution in [2.45, 2.75) is 73.8 Å². The number of unbranched alkanes of at least 4 members (excludes halogenated alkanes) is 1. The standard InChI is InChI=1S/C16H33NO2S/c1-13(2)14(3)15(4)17-20(18,19)12-10-8-9-11-16(5,6)7/h10,12-15,17H,8-9,11H2,1-7H3/b12-10+/t14?,15-/m1/s1. The Morgan fingerprint density at radius 3 is 2.10 bits per heavy atom. The smallest absolute Gasteiger partial charge is 0.209 e. The molecule has 20 heavy (non-hydrogen) atoms. The maximum atomic E-state index is 11.9. The van der Waals surface area contributed by atoms with E-state index in [9.17, 15) is 8.42 Å². The molecule has 0 aromatic carbocycles. The lowest BCUT2D eigenvalue weighted by Gasteiger charge is -2.23. The molecule has 1 unspecified atom stereocenters. The highest BCUT2D eigenvalue weighted by Crippen LogP contribution is 2.21. The molecule has 2 atom stereocenters. The highest BCUT2D eigenvalue weighted by molar-refractivity contribution is 7.92. The largest absolute Gasteiger partial charge is 0.233 e. The molecular formula is C16H33NO2S. The minimum absolute atomic E-state index is 0.0424. The van der Waals surface area contributed by atoms with Crippen LogP contribution in [0.2, 0.25) is 0 Å². The predicted octanol–water partition coefficient (Wildman–Crippen LogP) is 4.32. The lowest BCUT2D eigenvalue weighted by molar-refractivity contribution is 0.344. The van der Waals surface area contributed by atoms with Crippen LogP contribution in [0.15, 0.2) is 11.5 Å². The Hall–Kier alpha value is -0.350. The Bertz CT molecular complexity index is 391. The normalized spacial score (nSPS) is 16.8. The molecule has 0 saturated heterocycles. The number of nitrogens with one attached hydrogen (secondary N) is 1. The first-order valence-corrected chi connectivity index (χ1v) is 9.18. The highest BCUT2D eigenvalue weighted by Gasteiger charge is 2.19. The van der Waals surface area contributed by atoms with Crippen molar-refractivity contribution in [3.63, 3.8) is 0 Å². The summed E-state index contributed by atoms with van der Waals surface area (Å²) >= 11 is 0. The van der Waals surface area contributed by atoms with Gasteiger partial charge in [0.25, 0.3) is 0 Å². The Morgan fingerprint density at radius 1 is 1.10 bits per heavy atom. The molecule has 0 heterocycles.